The van der Waals surface area contributed by atoms with Gasteiger partial charge >= 0.3 is 6.18 Å². The fourth-order valence-electron chi connectivity index (χ4n) is 2.23. The number of carbonyl (C=O) groups is 1. The molecular weight excluding hydrogens is 321 g/mol. The van der Waals surface area contributed by atoms with Crippen LogP contribution in [0.25, 0.3) is 5.69 Å². The van der Waals surface area contributed by atoms with Crippen molar-refractivity contribution in [2.75, 3.05) is 20.1 Å². The number of carbonyl (C=O) groups excluding carboxylic acids is 1. The second kappa shape index (κ2) is 7.48. The first-order valence-corrected chi connectivity index (χ1v) is 7.49. The lowest BCUT2D eigenvalue weighted by Gasteiger charge is -2.13. The molecule has 0 atom stereocenters. The van der Waals surface area contributed by atoms with Gasteiger partial charge in [0.05, 0.1) is 17.4 Å². The van der Waals surface area contributed by atoms with Crippen molar-refractivity contribution in [1.82, 2.24) is 20.4 Å². The molecule has 1 amide bonds. The number of rotatable bonds is 6. The maximum Gasteiger partial charge on any atom is 0.434 e. The molecule has 1 aromatic carbocycles. The number of halogens is 3. The van der Waals surface area contributed by atoms with Crippen LogP contribution >= 0.6 is 0 Å². The van der Waals surface area contributed by atoms with E-state index >= 15 is 0 Å². The number of aromatic nitrogens is 2. The Morgan fingerprint density at radius 2 is 1.88 bits per heavy atom. The van der Waals surface area contributed by atoms with Gasteiger partial charge in [-0.05, 0) is 39.1 Å². The first-order chi connectivity index (χ1) is 11.3. The molecule has 0 unspecified atom stereocenters. The topological polar surface area (TPSA) is 58.9 Å². The first kappa shape index (κ1) is 18.0. The highest BCUT2D eigenvalue weighted by Gasteiger charge is 2.40. The van der Waals surface area contributed by atoms with Gasteiger partial charge in [0.15, 0.2) is 5.69 Å². The van der Waals surface area contributed by atoms with Gasteiger partial charge in [-0.2, -0.15) is 18.3 Å². The summed E-state index contributed by atoms with van der Waals surface area (Å²) < 4.78 is 41.1. The summed E-state index contributed by atoms with van der Waals surface area (Å²) in [6.07, 6.45) is -3.12. The number of nitrogens with one attached hydrogen (secondary N) is 2. The minimum absolute atomic E-state index is 0.252. The lowest BCUT2D eigenvalue weighted by Crippen LogP contribution is -2.28. The standard InChI is InChI=1S/C16H19F3N4O/c1-11-4-6-12(7-5-11)23-14(16(17,18)19)13(10-22-23)15(24)21-9-3-8-20-2/h4-7,10,20H,3,8-9H2,1-2H3,(H,21,24). The van der Waals surface area contributed by atoms with Crippen LogP contribution < -0.4 is 10.6 Å². The summed E-state index contributed by atoms with van der Waals surface area (Å²) in [6, 6.07) is 6.45. The molecule has 2 N–H and O–H groups in total. The van der Waals surface area contributed by atoms with Gasteiger partial charge in [0.25, 0.3) is 5.91 Å². The van der Waals surface area contributed by atoms with Gasteiger partial charge in [0, 0.05) is 6.54 Å². The van der Waals surface area contributed by atoms with E-state index in [0.29, 0.717) is 13.0 Å². The van der Waals surface area contributed by atoms with Crippen molar-refractivity contribution >= 4 is 5.91 Å². The van der Waals surface area contributed by atoms with Gasteiger partial charge in [-0.15, -0.1) is 0 Å². The number of amides is 1. The van der Waals surface area contributed by atoms with E-state index in [2.05, 4.69) is 15.7 Å². The zero-order chi connectivity index (χ0) is 17.7. The fourth-order valence-corrected chi connectivity index (χ4v) is 2.23. The molecule has 5 nitrogen and oxygen atoms in total. The quantitative estimate of drug-likeness (QED) is 0.795. The van der Waals surface area contributed by atoms with E-state index in [1.54, 1.807) is 19.2 Å². The predicted molar refractivity (Wildman–Crippen MR) is 84.2 cm³/mol. The van der Waals surface area contributed by atoms with Crippen molar-refractivity contribution in [3.05, 3.63) is 47.3 Å². The molecule has 2 rings (SSSR count). The van der Waals surface area contributed by atoms with Gasteiger partial charge in [0.1, 0.15) is 0 Å². The van der Waals surface area contributed by atoms with Crippen molar-refractivity contribution in [2.24, 2.45) is 0 Å². The fraction of sp³-hybridized carbons (Fsp3) is 0.375. The number of nitrogens with zero attached hydrogens (tertiary/aromatic N) is 2. The third-order valence-electron chi connectivity index (χ3n) is 3.45. The molecule has 0 saturated heterocycles. The first-order valence-electron chi connectivity index (χ1n) is 7.49. The van der Waals surface area contributed by atoms with E-state index in [9.17, 15) is 18.0 Å². The molecule has 0 aliphatic heterocycles. The van der Waals surface area contributed by atoms with Crippen LogP contribution in [0, 0.1) is 6.92 Å². The van der Waals surface area contributed by atoms with Crippen LogP contribution in [0.3, 0.4) is 0 Å². The maximum absolute atomic E-state index is 13.5. The highest BCUT2D eigenvalue weighted by molar-refractivity contribution is 5.95. The minimum atomic E-state index is -4.70. The molecule has 8 heteroatoms. The van der Waals surface area contributed by atoms with Crippen molar-refractivity contribution in [3.63, 3.8) is 0 Å². The summed E-state index contributed by atoms with van der Waals surface area (Å²) in [4.78, 5) is 12.1. The Bertz CT molecular complexity index is 692. The molecule has 24 heavy (non-hydrogen) atoms. The van der Waals surface area contributed by atoms with Crippen LogP contribution in [0.1, 0.15) is 28.0 Å². The number of aryl methyl sites for hydroxylation is 1. The molecule has 130 valence electrons. The molecule has 0 aliphatic carbocycles. The Morgan fingerprint density at radius 3 is 2.46 bits per heavy atom. The smallest absolute Gasteiger partial charge is 0.352 e. The van der Waals surface area contributed by atoms with Crippen molar-refractivity contribution < 1.29 is 18.0 Å². The molecular formula is C16H19F3N4O. The molecule has 1 aromatic heterocycles. The van der Waals surface area contributed by atoms with Gasteiger partial charge in [0.2, 0.25) is 0 Å². The number of alkyl halides is 3. The Labute approximate surface area is 137 Å². The van der Waals surface area contributed by atoms with E-state index in [0.717, 1.165) is 16.4 Å². The monoisotopic (exact) mass is 340 g/mol. The zero-order valence-corrected chi connectivity index (χ0v) is 13.4. The van der Waals surface area contributed by atoms with Crippen molar-refractivity contribution in [1.29, 1.82) is 0 Å². The average Bonchev–Trinajstić information content (AvgIpc) is 2.97. The molecule has 0 spiro atoms. The van der Waals surface area contributed by atoms with Crippen LogP contribution in [0.5, 0.6) is 0 Å². The molecule has 2 aromatic rings. The lowest BCUT2D eigenvalue weighted by atomic mass is 10.2. The van der Waals surface area contributed by atoms with Gasteiger partial charge in [-0.3, -0.25) is 4.79 Å². The second-order valence-electron chi connectivity index (χ2n) is 5.36. The van der Waals surface area contributed by atoms with Crippen molar-refractivity contribution in [2.45, 2.75) is 19.5 Å². The molecule has 0 aliphatic rings. The molecule has 0 fully saturated rings. The third kappa shape index (κ3) is 4.14. The summed E-state index contributed by atoms with van der Waals surface area (Å²) in [7, 11) is 1.76. The summed E-state index contributed by atoms with van der Waals surface area (Å²) in [5.74, 6) is -0.781. The molecule has 1 heterocycles. The van der Waals surface area contributed by atoms with E-state index in [-0.39, 0.29) is 12.2 Å². The van der Waals surface area contributed by atoms with E-state index in [4.69, 9.17) is 0 Å². The van der Waals surface area contributed by atoms with Crippen LogP contribution in [0.15, 0.2) is 30.5 Å². The zero-order valence-electron chi connectivity index (χ0n) is 13.4. The third-order valence-corrected chi connectivity index (χ3v) is 3.45. The Kier molecular flexibility index (Phi) is 5.61. The van der Waals surface area contributed by atoms with Crippen LogP contribution in [0.2, 0.25) is 0 Å². The Balaban J connectivity index is 2.33. The average molecular weight is 340 g/mol. The summed E-state index contributed by atoms with van der Waals surface area (Å²) in [6.45, 7) is 2.78. The summed E-state index contributed by atoms with van der Waals surface area (Å²) in [5.41, 5.74) is -0.380. The molecule has 0 saturated carbocycles. The summed E-state index contributed by atoms with van der Waals surface area (Å²) in [5, 5.41) is 9.16. The highest BCUT2D eigenvalue weighted by Crippen LogP contribution is 2.33. The maximum atomic E-state index is 13.5. The van der Waals surface area contributed by atoms with Gasteiger partial charge in [-0.1, -0.05) is 17.7 Å². The minimum Gasteiger partial charge on any atom is -0.352 e. The lowest BCUT2D eigenvalue weighted by molar-refractivity contribution is -0.143. The van der Waals surface area contributed by atoms with Crippen LogP contribution in [0.4, 0.5) is 13.2 Å². The Morgan fingerprint density at radius 1 is 1.21 bits per heavy atom. The number of hydrogen-bond donors (Lipinski definition) is 2. The second-order valence-corrected chi connectivity index (χ2v) is 5.36. The van der Waals surface area contributed by atoms with Gasteiger partial charge < -0.3 is 10.6 Å². The van der Waals surface area contributed by atoms with E-state index in [1.807, 2.05) is 6.92 Å². The molecule has 0 radical (unpaired) electrons. The SMILES string of the molecule is CNCCCNC(=O)c1cnn(-c2ccc(C)cc2)c1C(F)(F)F. The van der Waals surface area contributed by atoms with Crippen LogP contribution in [-0.2, 0) is 6.18 Å². The van der Waals surface area contributed by atoms with Crippen molar-refractivity contribution in [3.8, 4) is 5.69 Å². The highest BCUT2D eigenvalue weighted by atomic mass is 19.4. The predicted octanol–water partition coefficient (Wildman–Crippen LogP) is 2.54. The van der Waals surface area contributed by atoms with Crippen LogP contribution in [-0.4, -0.2) is 35.8 Å². The number of hydrogen-bond acceptors (Lipinski definition) is 3. The largest absolute Gasteiger partial charge is 0.434 e. The Hall–Kier alpha value is -2.35. The van der Waals surface area contributed by atoms with E-state index < -0.39 is 23.3 Å². The normalized spacial score (nSPS) is 11.5. The summed E-state index contributed by atoms with van der Waals surface area (Å²) >= 11 is 0. The number of benzene rings is 1. The van der Waals surface area contributed by atoms with E-state index in [1.165, 1.54) is 12.1 Å². The van der Waals surface area contributed by atoms with Gasteiger partial charge in [-0.25, -0.2) is 4.68 Å². The molecule has 0 bridgehead atoms.